The van der Waals surface area contributed by atoms with Gasteiger partial charge in [0.05, 0.1) is 17.5 Å². The van der Waals surface area contributed by atoms with Gasteiger partial charge in [-0.1, -0.05) is 56.3 Å². The number of alkyl halides is 6. The maximum Gasteiger partial charge on any atom is 0.433 e. The van der Waals surface area contributed by atoms with Crippen molar-refractivity contribution >= 4 is 11.6 Å². The van der Waals surface area contributed by atoms with Crippen molar-refractivity contribution in [1.82, 2.24) is 24.4 Å². The Labute approximate surface area is 232 Å². The van der Waals surface area contributed by atoms with Crippen molar-refractivity contribution in [1.29, 1.82) is 0 Å². The van der Waals surface area contributed by atoms with Crippen molar-refractivity contribution in [2.45, 2.75) is 38.7 Å². The van der Waals surface area contributed by atoms with Crippen LogP contribution in [-0.4, -0.2) is 56.5 Å². The Morgan fingerprint density at radius 2 is 1.59 bits per heavy atom. The first-order chi connectivity index (χ1) is 19.3. The van der Waals surface area contributed by atoms with Crippen LogP contribution in [0.25, 0.3) is 16.9 Å². The molecule has 0 spiro atoms. The summed E-state index contributed by atoms with van der Waals surface area (Å²) in [6, 6.07) is 13.1. The molecule has 3 heterocycles. The van der Waals surface area contributed by atoms with Gasteiger partial charge in [0.1, 0.15) is 5.56 Å². The van der Waals surface area contributed by atoms with Crippen LogP contribution >= 0.6 is 0 Å². The number of fused-ring (bicyclic) bond motifs is 1. The molecule has 4 aromatic rings. The van der Waals surface area contributed by atoms with E-state index >= 15 is 0 Å². The van der Waals surface area contributed by atoms with Crippen molar-refractivity contribution in [3.05, 3.63) is 88.7 Å². The van der Waals surface area contributed by atoms with Gasteiger partial charge in [0.2, 0.25) is 0 Å². The highest BCUT2D eigenvalue weighted by Crippen LogP contribution is 2.34. The van der Waals surface area contributed by atoms with Crippen molar-refractivity contribution in [3.63, 3.8) is 0 Å². The van der Waals surface area contributed by atoms with Crippen LogP contribution in [0.4, 0.5) is 26.3 Å². The first-order valence-corrected chi connectivity index (χ1v) is 13.1. The summed E-state index contributed by atoms with van der Waals surface area (Å²) in [6.45, 7) is 5.56. The molecule has 0 unspecified atom stereocenters. The van der Waals surface area contributed by atoms with Crippen LogP contribution in [0.5, 0.6) is 0 Å². The third kappa shape index (κ3) is 6.07. The number of rotatable bonds is 5. The molecule has 6 nitrogen and oxygen atoms in total. The molecule has 2 aromatic carbocycles. The molecule has 41 heavy (non-hydrogen) atoms. The van der Waals surface area contributed by atoms with Crippen LogP contribution in [0.1, 0.15) is 52.5 Å². The SMILES string of the molecule is CC(C)c1ccc(-c2cc(C(F)(F)F)n3ncc(C(=O)N4CCN(Cc5cccc(C(F)(F)F)c5)CC4)c3n2)cc1. The highest BCUT2D eigenvalue weighted by atomic mass is 19.4. The van der Waals surface area contributed by atoms with Crippen molar-refractivity contribution < 1.29 is 31.1 Å². The molecular formula is C29H27F6N5O. The zero-order chi connectivity index (χ0) is 29.5. The van der Waals surface area contributed by atoms with Gasteiger partial charge >= 0.3 is 12.4 Å². The minimum Gasteiger partial charge on any atom is -0.336 e. The molecule has 0 aliphatic carbocycles. The quantitative estimate of drug-likeness (QED) is 0.255. The third-order valence-corrected chi connectivity index (χ3v) is 7.19. The first-order valence-electron chi connectivity index (χ1n) is 13.1. The van der Waals surface area contributed by atoms with E-state index in [2.05, 4.69) is 10.1 Å². The second-order valence-corrected chi connectivity index (χ2v) is 10.4. The van der Waals surface area contributed by atoms with E-state index in [9.17, 15) is 31.1 Å². The van der Waals surface area contributed by atoms with E-state index < -0.39 is 29.5 Å². The maximum atomic E-state index is 14.0. The van der Waals surface area contributed by atoms with Gasteiger partial charge in [0.25, 0.3) is 5.91 Å². The highest BCUT2D eigenvalue weighted by Gasteiger charge is 2.37. The number of hydrogen-bond donors (Lipinski definition) is 0. The second kappa shape index (κ2) is 10.8. The summed E-state index contributed by atoms with van der Waals surface area (Å²) in [5.41, 5.74) is 0.0547. The van der Waals surface area contributed by atoms with Crippen LogP contribution in [0.15, 0.2) is 60.8 Å². The summed E-state index contributed by atoms with van der Waals surface area (Å²) in [5.74, 6) is -0.263. The summed E-state index contributed by atoms with van der Waals surface area (Å²) in [6.07, 6.45) is -8.08. The lowest BCUT2D eigenvalue weighted by molar-refractivity contribution is -0.142. The molecule has 0 bridgehead atoms. The second-order valence-electron chi connectivity index (χ2n) is 10.4. The number of hydrogen-bond acceptors (Lipinski definition) is 4. The Kier molecular flexibility index (Phi) is 7.54. The fourth-order valence-electron chi connectivity index (χ4n) is 4.89. The number of halogens is 6. The Bertz CT molecular complexity index is 1550. The first kappa shape index (κ1) is 28.6. The molecular weight excluding hydrogens is 548 g/mol. The summed E-state index contributed by atoms with van der Waals surface area (Å²) in [5, 5.41) is 3.86. The van der Waals surface area contributed by atoms with Gasteiger partial charge in [0, 0.05) is 38.3 Å². The Balaban J connectivity index is 1.37. The molecule has 1 amide bonds. The summed E-state index contributed by atoms with van der Waals surface area (Å²) < 4.78 is 81.8. The molecule has 0 atom stereocenters. The van der Waals surface area contributed by atoms with Gasteiger partial charge in [-0.2, -0.15) is 31.4 Å². The molecule has 1 aliphatic rings. The summed E-state index contributed by atoms with van der Waals surface area (Å²) >= 11 is 0. The van der Waals surface area contributed by atoms with E-state index in [0.717, 1.165) is 30.0 Å². The standard InChI is InChI=1S/C29H27F6N5O/c1-18(2)20-6-8-21(9-7-20)24-15-25(29(33,34)35)40-26(37-24)23(16-36-40)27(41)39-12-10-38(11-13-39)17-19-4-3-5-22(14-19)28(30,31)32/h3-9,14-16,18H,10-13,17H2,1-2H3. The lowest BCUT2D eigenvalue weighted by Crippen LogP contribution is -2.48. The zero-order valence-corrected chi connectivity index (χ0v) is 22.3. The molecule has 1 fully saturated rings. The molecule has 12 heteroatoms. The molecule has 0 radical (unpaired) electrons. The molecule has 1 saturated heterocycles. The Hall–Kier alpha value is -3.93. The van der Waals surface area contributed by atoms with E-state index in [4.69, 9.17) is 0 Å². The minimum atomic E-state index is -4.74. The molecule has 5 rings (SSSR count). The zero-order valence-electron chi connectivity index (χ0n) is 22.3. The number of carbonyl (C=O) groups is 1. The van der Waals surface area contributed by atoms with E-state index in [1.165, 1.54) is 11.0 Å². The van der Waals surface area contributed by atoms with Crippen LogP contribution < -0.4 is 0 Å². The van der Waals surface area contributed by atoms with Crippen LogP contribution in [-0.2, 0) is 18.9 Å². The van der Waals surface area contributed by atoms with E-state index in [1.807, 2.05) is 30.9 Å². The molecule has 2 aromatic heterocycles. The van der Waals surface area contributed by atoms with Gasteiger partial charge in [-0.3, -0.25) is 9.69 Å². The lowest BCUT2D eigenvalue weighted by atomic mass is 10.0. The molecule has 0 saturated carbocycles. The van der Waals surface area contributed by atoms with Crippen LogP contribution in [0.2, 0.25) is 0 Å². The van der Waals surface area contributed by atoms with Gasteiger partial charge in [-0.15, -0.1) is 0 Å². The number of nitrogens with zero attached hydrogens (tertiary/aromatic N) is 5. The van der Waals surface area contributed by atoms with Crippen molar-refractivity contribution in [2.75, 3.05) is 26.2 Å². The molecule has 1 aliphatic heterocycles. The summed E-state index contributed by atoms with van der Waals surface area (Å²) in [7, 11) is 0. The predicted octanol–water partition coefficient (Wildman–Crippen LogP) is 6.52. The Morgan fingerprint density at radius 1 is 0.902 bits per heavy atom. The topological polar surface area (TPSA) is 53.7 Å². The largest absolute Gasteiger partial charge is 0.433 e. The maximum absolute atomic E-state index is 14.0. The van der Waals surface area contributed by atoms with Gasteiger partial charge in [0.15, 0.2) is 11.3 Å². The van der Waals surface area contributed by atoms with E-state index in [0.29, 0.717) is 28.7 Å². The average Bonchev–Trinajstić information content (AvgIpc) is 3.36. The third-order valence-electron chi connectivity index (χ3n) is 7.19. The fourth-order valence-corrected chi connectivity index (χ4v) is 4.89. The number of amides is 1. The van der Waals surface area contributed by atoms with Gasteiger partial charge in [-0.25, -0.2) is 9.50 Å². The van der Waals surface area contributed by atoms with Crippen LogP contribution in [0, 0.1) is 0 Å². The number of carbonyl (C=O) groups excluding carboxylic acids is 1. The Morgan fingerprint density at radius 3 is 2.20 bits per heavy atom. The van der Waals surface area contributed by atoms with E-state index in [-0.39, 0.29) is 42.5 Å². The normalized spacial score (nSPS) is 15.2. The van der Waals surface area contributed by atoms with Crippen LogP contribution in [0.3, 0.4) is 0 Å². The smallest absolute Gasteiger partial charge is 0.336 e. The minimum absolute atomic E-state index is 0.0533. The molecule has 216 valence electrons. The average molecular weight is 576 g/mol. The van der Waals surface area contributed by atoms with Gasteiger partial charge in [-0.05, 0) is 29.2 Å². The number of aromatic nitrogens is 3. The predicted molar refractivity (Wildman–Crippen MR) is 140 cm³/mol. The number of piperazine rings is 1. The van der Waals surface area contributed by atoms with Gasteiger partial charge < -0.3 is 4.90 Å². The molecule has 0 N–H and O–H groups in total. The van der Waals surface area contributed by atoms with E-state index in [1.54, 1.807) is 18.2 Å². The fraction of sp³-hybridized carbons (Fsp3) is 0.345. The monoisotopic (exact) mass is 575 g/mol. The number of benzene rings is 2. The highest BCUT2D eigenvalue weighted by molar-refractivity contribution is 6.00. The summed E-state index contributed by atoms with van der Waals surface area (Å²) in [4.78, 5) is 21.3. The van der Waals surface area contributed by atoms with Crippen molar-refractivity contribution in [2.24, 2.45) is 0 Å². The lowest BCUT2D eigenvalue weighted by Gasteiger charge is -2.34. The van der Waals surface area contributed by atoms with Crippen molar-refractivity contribution in [3.8, 4) is 11.3 Å².